The Morgan fingerprint density at radius 2 is 2.35 bits per heavy atom. The van der Waals surface area contributed by atoms with Crippen molar-refractivity contribution < 1.29 is 14.3 Å². The van der Waals surface area contributed by atoms with E-state index in [2.05, 4.69) is 0 Å². The molecule has 2 unspecified atom stereocenters. The van der Waals surface area contributed by atoms with Crippen LogP contribution in [0.3, 0.4) is 0 Å². The number of halogens is 1. The molecule has 2 N–H and O–H groups in total. The Morgan fingerprint density at radius 3 is 3.00 bits per heavy atom. The summed E-state index contributed by atoms with van der Waals surface area (Å²) in [6.45, 7) is 0.967. The second-order valence-corrected chi connectivity index (χ2v) is 4.48. The molecule has 1 aliphatic rings. The van der Waals surface area contributed by atoms with E-state index in [1.165, 1.54) is 0 Å². The molecule has 5 heteroatoms. The van der Waals surface area contributed by atoms with Crippen LogP contribution >= 0.6 is 11.6 Å². The van der Waals surface area contributed by atoms with Crippen molar-refractivity contribution in [2.24, 2.45) is 11.7 Å². The summed E-state index contributed by atoms with van der Waals surface area (Å²) in [6, 6.07) is 6.94. The number of rotatable bonds is 3. The molecule has 0 spiro atoms. The van der Waals surface area contributed by atoms with Gasteiger partial charge in [0, 0.05) is 11.1 Å². The third-order valence-corrected chi connectivity index (χ3v) is 2.93. The highest BCUT2D eigenvalue weighted by Crippen LogP contribution is 2.16. The van der Waals surface area contributed by atoms with Crippen LogP contribution in [0.1, 0.15) is 5.56 Å². The van der Waals surface area contributed by atoms with Crippen LogP contribution in [-0.2, 0) is 20.9 Å². The molecule has 1 aromatic carbocycles. The molecule has 1 aromatic rings. The number of hydrogen-bond acceptors (Lipinski definition) is 4. The first-order chi connectivity index (χ1) is 8.16. The summed E-state index contributed by atoms with van der Waals surface area (Å²) in [4.78, 5) is 11.7. The SMILES string of the molecule is NC1COCC1C(=O)OCc1cccc(Cl)c1. The molecule has 0 aromatic heterocycles. The molecule has 0 bridgehead atoms. The summed E-state index contributed by atoms with van der Waals surface area (Å²) in [5.41, 5.74) is 6.59. The van der Waals surface area contributed by atoms with Crippen LogP contribution < -0.4 is 5.73 Å². The molecule has 92 valence electrons. The van der Waals surface area contributed by atoms with E-state index in [-0.39, 0.29) is 24.5 Å². The number of esters is 1. The minimum absolute atomic E-state index is 0.211. The van der Waals surface area contributed by atoms with Gasteiger partial charge in [0.2, 0.25) is 0 Å². The van der Waals surface area contributed by atoms with E-state index >= 15 is 0 Å². The fourth-order valence-electron chi connectivity index (χ4n) is 1.70. The lowest BCUT2D eigenvalue weighted by Crippen LogP contribution is -2.35. The maximum atomic E-state index is 11.7. The topological polar surface area (TPSA) is 61.5 Å². The molecule has 0 saturated carbocycles. The zero-order valence-electron chi connectivity index (χ0n) is 9.27. The molecule has 4 nitrogen and oxygen atoms in total. The normalized spacial score (nSPS) is 23.6. The first kappa shape index (κ1) is 12.4. The fraction of sp³-hybridized carbons (Fsp3) is 0.417. The summed E-state index contributed by atoms with van der Waals surface area (Å²) in [5, 5.41) is 0.624. The summed E-state index contributed by atoms with van der Waals surface area (Å²) in [6.07, 6.45) is 0. The molecule has 1 fully saturated rings. The highest BCUT2D eigenvalue weighted by molar-refractivity contribution is 6.30. The quantitative estimate of drug-likeness (QED) is 0.829. The number of carbonyl (C=O) groups is 1. The van der Waals surface area contributed by atoms with Crippen LogP contribution in [0.25, 0.3) is 0 Å². The van der Waals surface area contributed by atoms with Gasteiger partial charge in [-0.1, -0.05) is 23.7 Å². The lowest BCUT2D eigenvalue weighted by Gasteiger charge is -2.12. The highest BCUT2D eigenvalue weighted by atomic mass is 35.5. The lowest BCUT2D eigenvalue weighted by molar-refractivity contribution is -0.150. The number of carbonyl (C=O) groups excluding carboxylic acids is 1. The molecule has 17 heavy (non-hydrogen) atoms. The average Bonchev–Trinajstić information content (AvgIpc) is 2.72. The Kier molecular flexibility index (Phi) is 3.99. The van der Waals surface area contributed by atoms with E-state index in [9.17, 15) is 4.79 Å². The summed E-state index contributed by atoms with van der Waals surface area (Å²) < 4.78 is 10.3. The molecule has 2 atom stereocenters. The Balaban J connectivity index is 1.88. The van der Waals surface area contributed by atoms with Gasteiger partial charge in [-0.25, -0.2) is 0 Å². The van der Waals surface area contributed by atoms with Crippen molar-refractivity contribution in [2.45, 2.75) is 12.6 Å². The lowest BCUT2D eigenvalue weighted by atomic mass is 10.1. The maximum absolute atomic E-state index is 11.7. The van der Waals surface area contributed by atoms with Gasteiger partial charge < -0.3 is 15.2 Å². The van der Waals surface area contributed by atoms with E-state index in [0.29, 0.717) is 18.2 Å². The monoisotopic (exact) mass is 255 g/mol. The molecule has 0 aliphatic carbocycles. The van der Waals surface area contributed by atoms with Crippen molar-refractivity contribution in [1.82, 2.24) is 0 Å². The molecule has 0 amide bonds. The van der Waals surface area contributed by atoms with Crippen molar-refractivity contribution in [3.05, 3.63) is 34.9 Å². The molecule has 2 rings (SSSR count). The van der Waals surface area contributed by atoms with Crippen molar-refractivity contribution in [3.63, 3.8) is 0 Å². The van der Waals surface area contributed by atoms with Crippen LogP contribution in [0, 0.1) is 5.92 Å². The predicted molar refractivity (Wildman–Crippen MR) is 63.5 cm³/mol. The first-order valence-electron chi connectivity index (χ1n) is 5.41. The predicted octanol–water partition coefficient (Wildman–Crippen LogP) is 1.36. The number of ether oxygens (including phenoxy) is 2. The summed E-state index contributed by atoms with van der Waals surface area (Å²) >= 11 is 5.83. The first-order valence-corrected chi connectivity index (χ1v) is 5.79. The van der Waals surface area contributed by atoms with E-state index in [0.717, 1.165) is 5.56 Å². The highest BCUT2D eigenvalue weighted by Gasteiger charge is 2.32. The number of benzene rings is 1. The third kappa shape index (κ3) is 3.19. The largest absolute Gasteiger partial charge is 0.460 e. The van der Waals surface area contributed by atoms with Crippen LogP contribution in [0.4, 0.5) is 0 Å². The van der Waals surface area contributed by atoms with E-state index in [1.54, 1.807) is 12.1 Å². The van der Waals surface area contributed by atoms with Crippen molar-refractivity contribution in [1.29, 1.82) is 0 Å². The summed E-state index contributed by atoms with van der Waals surface area (Å²) in [5.74, 6) is -0.663. The van der Waals surface area contributed by atoms with Crippen molar-refractivity contribution in [3.8, 4) is 0 Å². The Hall–Kier alpha value is -1.10. The Labute approximate surface area is 105 Å². The molecule has 1 aliphatic heterocycles. The van der Waals surface area contributed by atoms with E-state index in [4.69, 9.17) is 26.8 Å². The molecule has 0 radical (unpaired) electrons. The molecular weight excluding hydrogens is 242 g/mol. The average molecular weight is 256 g/mol. The van der Waals surface area contributed by atoms with E-state index < -0.39 is 0 Å². The summed E-state index contributed by atoms with van der Waals surface area (Å²) in [7, 11) is 0. The third-order valence-electron chi connectivity index (χ3n) is 2.70. The smallest absolute Gasteiger partial charge is 0.313 e. The van der Waals surface area contributed by atoms with Crippen molar-refractivity contribution in [2.75, 3.05) is 13.2 Å². The number of nitrogens with two attached hydrogens (primary N) is 1. The maximum Gasteiger partial charge on any atom is 0.313 e. The van der Waals surface area contributed by atoms with Gasteiger partial charge in [0.25, 0.3) is 0 Å². The van der Waals surface area contributed by atoms with Crippen LogP contribution in [0.5, 0.6) is 0 Å². The standard InChI is InChI=1S/C12H14ClNO3/c13-9-3-1-2-8(4-9)5-17-12(15)10-6-16-7-11(10)14/h1-4,10-11H,5-7,14H2. The zero-order chi connectivity index (χ0) is 12.3. The van der Waals surface area contributed by atoms with Crippen LogP contribution in [0.15, 0.2) is 24.3 Å². The van der Waals surface area contributed by atoms with Crippen LogP contribution in [0.2, 0.25) is 5.02 Å². The van der Waals surface area contributed by atoms with E-state index in [1.807, 2.05) is 12.1 Å². The minimum atomic E-state index is -0.353. The van der Waals surface area contributed by atoms with Gasteiger partial charge in [-0.3, -0.25) is 4.79 Å². The van der Waals surface area contributed by atoms with Gasteiger partial charge in [0.05, 0.1) is 19.1 Å². The fourth-order valence-corrected chi connectivity index (χ4v) is 1.91. The molecule has 1 heterocycles. The van der Waals surface area contributed by atoms with Crippen LogP contribution in [-0.4, -0.2) is 25.2 Å². The zero-order valence-corrected chi connectivity index (χ0v) is 10.0. The minimum Gasteiger partial charge on any atom is -0.460 e. The Morgan fingerprint density at radius 1 is 1.53 bits per heavy atom. The van der Waals surface area contributed by atoms with Gasteiger partial charge in [0.15, 0.2) is 0 Å². The molecule has 1 saturated heterocycles. The number of hydrogen-bond donors (Lipinski definition) is 1. The van der Waals surface area contributed by atoms with Gasteiger partial charge in [0.1, 0.15) is 6.61 Å². The van der Waals surface area contributed by atoms with Gasteiger partial charge in [-0.2, -0.15) is 0 Å². The van der Waals surface area contributed by atoms with Gasteiger partial charge in [-0.05, 0) is 17.7 Å². The van der Waals surface area contributed by atoms with Crippen molar-refractivity contribution >= 4 is 17.6 Å². The Bertz CT molecular complexity index is 410. The van der Waals surface area contributed by atoms with Gasteiger partial charge >= 0.3 is 5.97 Å². The second-order valence-electron chi connectivity index (χ2n) is 4.05. The second kappa shape index (κ2) is 5.49. The molecular formula is C12H14ClNO3. The van der Waals surface area contributed by atoms with Gasteiger partial charge in [-0.15, -0.1) is 0 Å².